The second-order valence-corrected chi connectivity index (χ2v) is 14.4. The SMILES string of the molecule is CCCCCCCCCCCC1COCCN1P(=O)(OC(F)(F)C(F)(F)C(F)(F)C(F)(F)C(F)(F)C(F)(F)C(F)(F)C(F)(F)F)N1CCOCC1. The van der Waals surface area contributed by atoms with Crippen LogP contribution >= 0.6 is 7.67 Å². The maximum absolute atomic E-state index is 15.1. The second-order valence-electron chi connectivity index (χ2n) is 12.1. The number of rotatable bonds is 20. The predicted octanol–water partition coefficient (Wildman–Crippen LogP) is 10.0. The summed E-state index contributed by atoms with van der Waals surface area (Å²) in [5, 5.41) is 0. The lowest BCUT2D eigenvalue weighted by molar-refractivity contribution is -0.472. The molecule has 0 aromatic heterocycles. The molecule has 2 aliphatic rings. The summed E-state index contributed by atoms with van der Waals surface area (Å²) in [6.45, 7) is -1.89. The van der Waals surface area contributed by atoms with Crippen LogP contribution in [0.3, 0.4) is 0 Å². The van der Waals surface area contributed by atoms with Gasteiger partial charge in [-0.1, -0.05) is 64.7 Å². The van der Waals surface area contributed by atoms with Crippen LogP contribution in [0.1, 0.15) is 71.1 Å². The Balaban J connectivity index is 2.45. The molecule has 0 saturated carbocycles. The smallest absolute Gasteiger partial charge is 0.379 e. The van der Waals surface area contributed by atoms with Crippen molar-refractivity contribution in [1.29, 1.82) is 0 Å². The Morgan fingerprint density at radius 3 is 1.45 bits per heavy atom. The van der Waals surface area contributed by atoms with Crippen molar-refractivity contribution in [1.82, 2.24) is 9.34 Å². The molecule has 0 aromatic rings. The van der Waals surface area contributed by atoms with Crippen molar-refractivity contribution in [2.24, 2.45) is 0 Å². The molecular formula is C27H38F17N2O4P. The molecular weight excluding hydrogens is 770 g/mol. The molecule has 2 unspecified atom stereocenters. The fraction of sp³-hybridized carbons (Fsp3) is 1.00. The number of alkyl halides is 17. The molecule has 0 amide bonds. The largest absolute Gasteiger partial charge is 0.460 e. The lowest BCUT2D eigenvalue weighted by Crippen LogP contribution is -2.74. The molecule has 0 aromatic carbocycles. The average Bonchev–Trinajstić information content (AvgIpc) is 3.03. The van der Waals surface area contributed by atoms with Crippen molar-refractivity contribution in [3.8, 4) is 0 Å². The zero-order chi connectivity index (χ0) is 39.4. The van der Waals surface area contributed by atoms with Crippen LogP contribution in [0.4, 0.5) is 74.6 Å². The second kappa shape index (κ2) is 16.7. The highest BCUT2D eigenvalue weighted by atomic mass is 31.2. The van der Waals surface area contributed by atoms with E-state index < -0.39 is 108 Å². The molecule has 24 heteroatoms. The molecule has 6 nitrogen and oxygen atoms in total. The fourth-order valence-electron chi connectivity index (χ4n) is 5.34. The van der Waals surface area contributed by atoms with Crippen molar-refractivity contribution in [2.45, 2.75) is 125 Å². The van der Waals surface area contributed by atoms with E-state index in [-0.39, 0.29) is 12.8 Å². The Kier molecular flexibility index (Phi) is 15.1. The Morgan fingerprint density at radius 2 is 0.980 bits per heavy atom. The third-order valence-electron chi connectivity index (χ3n) is 8.43. The zero-order valence-electron chi connectivity index (χ0n) is 27.0. The zero-order valence-corrected chi connectivity index (χ0v) is 27.9. The van der Waals surface area contributed by atoms with E-state index in [2.05, 4.69) is 4.52 Å². The van der Waals surface area contributed by atoms with Gasteiger partial charge in [-0.15, -0.1) is 0 Å². The van der Waals surface area contributed by atoms with Crippen LogP contribution in [0.15, 0.2) is 0 Å². The molecule has 0 N–H and O–H groups in total. The van der Waals surface area contributed by atoms with Gasteiger partial charge in [-0.3, -0.25) is 4.57 Å². The maximum Gasteiger partial charge on any atom is 0.460 e. The summed E-state index contributed by atoms with van der Waals surface area (Å²) < 4.78 is 265. The Hall–Kier alpha value is -1.16. The molecule has 2 aliphatic heterocycles. The van der Waals surface area contributed by atoms with E-state index in [0.717, 1.165) is 38.5 Å². The Morgan fingerprint density at radius 1 is 0.569 bits per heavy atom. The van der Waals surface area contributed by atoms with Crippen molar-refractivity contribution < 1.29 is 93.2 Å². The third-order valence-corrected chi connectivity index (χ3v) is 11.2. The van der Waals surface area contributed by atoms with Gasteiger partial charge in [0.25, 0.3) is 0 Å². The van der Waals surface area contributed by atoms with Crippen LogP contribution < -0.4 is 0 Å². The first-order valence-electron chi connectivity index (χ1n) is 15.8. The molecule has 0 bridgehead atoms. The summed E-state index contributed by atoms with van der Waals surface area (Å²) in [5.41, 5.74) is 0. The Bertz CT molecular complexity index is 1150. The molecule has 51 heavy (non-hydrogen) atoms. The molecule has 2 fully saturated rings. The summed E-state index contributed by atoms with van der Waals surface area (Å²) in [5.74, 6) is -51.1. The first-order valence-corrected chi connectivity index (χ1v) is 17.3. The van der Waals surface area contributed by atoms with Gasteiger partial charge in [-0.2, -0.15) is 74.6 Å². The van der Waals surface area contributed by atoms with Gasteiger partial charge in [-0.25, -0.2) is 13.9 Å². The van der Waals surface area contributed by atoms with Gasteiger partial charge in [0.2, 0.25) is 0 Å². The van der Waals surface area contributed by atoms with E-state index in [9.17, 15) is 70.4 Å². The lowest BCUT2D eigenvalue weighted by Gasteiger charge is -2.47. The molecule has 2 saturated heterocycles. The summed E-state index contributed by atoms with van der Waals surface area (Å²) >= 11 is 0. The molecule has 2 rings (SSSR count). The molecule has 304 valence electrons. The predicted molar refractivity (Wildman–Crippen MR) is 145 cm³/mol. The summed E-state index contributed by atoms with van der Waals surface area (Å²) in [6.07, 6.45) is -7.91. The molecule has 0 aliphatic carbocycles. The normalized spacial score (nSPS) is 21.6. The van der Waals surface area contributed by atoms with Crippen LogP contribution in [-0.2, 0) is 18.6 Å². The van der Waals surface area contributed by atoms with Gasteiger partial charge < -0.3 is 9.47 Å². The number of ether oxygens (including phenoxy) is 2. The van der Waals surface area contributed by atoms with E-state index in [0.29, 0.717) is 22.2 Å². The van der Waals surface area contributed by atoms with Gasteiger partial charge in [0.15, 0.2) is 0 Å². The number of nitrogens with zero attached hydrogens (tertiary/aromatic N) is 2. The van der Waals surface area contributed by atoms with E-state index in [1.165, 1.54) is 0 Å². The summed E-state index contributed by atoms with van der Waals surface area (Å²) in [4.78, 5) is 0. The quantitative estimate of drug-likeness (QED) is 0.0694. The topological polar surface area (TPSA) is 51.2 Å². The van der Waals surface area contributed by atoms with Crippen LogP contribution in [0.25, 0.3) is 0 Å². The van der Waals surface area contributed by atoms with Crippen LogP contribution in [0.5, 0.6) is 0 Å². The Labute approximate surface area is 281 Å². The molecule has 2 atom stereocenters. The molecule has 0 radical (unpaired) electrons. The fourth-order valence-corrected chi connectivity index (χ4v) is 7.89. The van der Waals surface area contributed by atoms with Gasteiger partial charge >= 0.3 is 55.5 Å². The number of morpholine rings is 2. The highest BCUT2D eigenvalue weighted by molar-refractivity contribution is 7.54. The lowest BCUT2D eigenvalue weighted by atomic mass is 9.91. The highest BCUT2D eigenvalue weighted by Crippen LogP contribution is 2.67. The van der Waals surface area contributed by atoms with Gasteiger partial charge in [0.05, 0.1) is 26.4 Å². The van der Waals surface area contributed by atoms with E-state index in [1.54, 1.807) is 0 Å². The van der Waals surface area contributed by atoms with Crippen molar-refractivity contribution in [3.63, 3.8) is 0 Å². The van der Waals surface area contributed by atoms with E-state index in [1.807, 2.05) is 6.92 Å². The van der Waals surface area contributed by atoms with Crippen molar-refractivity contribution in [2.75, 3.05) is 46.1 Å². The van der Waals surface area contributed by atoms with Crippen molar-refractivity contribution >= 4 is 7.67 Å². The minimum absolute atomic E-state index is 0.0571. The minimum atomic E-state index is -8.78. The van der Waals surface area contributed by atoms with Crippen LogP contribution in [0.2, 0.25) is 0 Å². The van der Waals surface area contributed by atoms with Gasteiger partial charge in [0.1, 0.15) is 0 Å². The first kappa shape index (κ1) is 46.0. The number of hydrogen-bond donors (Lipinski definition) is 0. The van der Waals surface area contributed by atoms with E-state index >= 15 is 8.78 Å². The van der Waals surface area contributed by atoms with Gasteiger partial charge in [0, 0.05) is 25.7 Å². The number of unbranched alkanes of at least 4 members (excludes halogenated alkanes) is 8. The molecule has 0 spiro atoms. The van der Waals surface area contributed by atoms with Gasteiger partial charge in [-0.05, 0) is 6.42 Å². The minimum Gasteiger partial charge on any atom is -0.379 e. The monoisotopic (exact) mass is 808 g/mol. The van der Waals surface area contributed by atoms with Crippen LogP contribution in [0, 0.1) is 0 Å². The molecule has 2 heterocycles. The van der Waals surface area contributed by atoms with Crippen molar-refractivity contribution in [3.05, 3.63) is 0 Å². The summed E-state index contributed by atoms with van der Waals surface area (Å²) in [6, 6.07) is -1.24. The first-order chi connectivity index (χ1) is 23.1. The summed E-state index contributed by atoms with van der Waals surface area (Å²) in [7, 11) is -5.87. The highest BCUT2D eigenvalue weighted by Gasteiger charge is 2.95. The number of halogens is 17. The number of hydrogen-bond acceptors (Lipinski definition) is 4. The maximum atomic E-state index is 15.1. The average molecular weight is 809 g/mol. The standard InChI is InChI=1S/C27H38F17N2O4P/c1-2-3-4-5-6-7-8-9-10-11-19-18-49-17-14-46(19)51(47,45-12-15-48-16-13-45)50-27(43,44)25(38,39)23(34,35)21(30,31)20(28,29)22(32,33)24(36,37)26(40,41)42/h19H,2-18H2,1H3. The third kappa shape index (κ3) is 8.88. The van der Waals surface area contributed by atoms with E-state index in [4.69, 9.17) is 9.47 Å². The van der Waals surface area contributed by atoms with Crippen LogP contribution in [-0.4, -0.2) is 109 Å².